The minimum atomic E-state index is -0.0829. The summed E-state index contributed by atoms with van der Waals surface area (Å²) in [6, 6.07) is 7.48. The summed E-state index contributed by atoms with van der Waals surface area (Å²) in [6.07, 6.45) is 49.5. The molecule has 0 aromatic heterocycles. The highest BCUT2D eigenvalue weighted by atomic mass is 16.2. The van der Waals surface area contributed by atoms with Crippen LogP contribution in [0.2, 0.25) is 0 Å². The predicted octanol–water partition coefficient (Wildman–Crippen LogP) is 24.9. The van der Waals surface area contributed by atoms with Gasteiger partial charge in [0.15, 0.2) is 0 Å². The van der Waals surface area contributed by atoms with E-state index in [9.17, 15) is 9.59 Å². The van der Waals surface area contributed by atoms with Crippen LogP contribution in [0.15, 0.2) is 24.3 Å². The first kappa shape index (κ1) is 73.5. The molecule has 1 aromatic rings. The number of carbonyl (C=O) groups excluding carboxylic acids is 2. The Morgan fingerprint density at radius 3 is 0.582 bits per heavy atom. The number of benzene rings is 1. The zero-order valence-electron chi connectivity index (χ0n) is 56.4. The van der Waals surface area contributed by atoms with Crippen LogP contribution < -0.4 is 0 Å². The summed E-state index contributed by atoms with van der Waals surface area (Å²) in [4.78, 5) is 28.6. The maximum atomic E-state index is 13.5. The van der Waals surface area contributed by atoms with E-state index < -0.39 is 0 Å². The van der Waals surface area contributed by atoms with Crippen molar-refractivity contribution in [3.63, 3.8) is 0 Å². The predicted molar refractivity (Wildman–Crippen MR) is 351 cm³/mol. The molecule has 462 valence electrons. The van der Waals surface area contributed by atoms with Crippen molar-refractivity contribution >= 4 is 11.8 Å². The molecule has 2 rings (SSSR count). The molecule has 2 amide bonds. The third-order valence-corrected chi connectivity index (χ3v) is 19.4. The summed E-state index contributed by atoms with van der Waals surface area (Å²) in [5, 5.41) is 0. The highest BCUT2D eigenvalue weighted by molar-refractivity contribution is 6.21. The van der Waals surface area contributed by atoms with Gasteiger partial charge < -0.3 is 0 Å². The standard InChI is InChI=1S/C76H141NO2/c1-58(2)41-49-69(50-42-59(3)4)34-21-28-66(29-22-35-70(51-43-60(5)6)52-44-61(7)8)26-19-32-68(38-25-57-77-75(78)73-39-17-18-40-74(73)76(77)79)33-20-27-67(30-23-36-71(53-45-62(9)10)54-46-63(11)12)31-24-37-72(55-47-64(13)14)56-48-65(15)16/h17-18,39-40,58-72H,19-38,41-57H2,1-16H3. The minimum Gasteiger partial charge on any atom is -0.274 e. The van der Waals surface area contributed by atoms with Crippen LogP contribution in [0.25, 0.3) is 0 Å². The highest BCUT2D eigenvalue weighted by Crippen LogP contribution is 2.36. The zero-order valence-corrected chi connectivity index (χ0v) is 56.4. The number of fused-ring (bicyclic) bond motifs is 1. The number of hydrogen-bond donors (Lipinski definition) is 0. The van der Waals surface area contributed by atoms with E-state index in [1.807, 2.05) is 24.3 Å². The van der Waals surface area contributed by atoms with E-state index in [1.54, 1.807) is 4.90 Å². The fourth-order valence-corrected chi connectivity index (χ4v) is 13.7. The van der Waals surface area contributed by atoms with Crippen molar-refractivity contribution in [2.24, 2.45) is 88.8 Å². The summed E-state index contributed by atoms with van der Waals surface area (Å²) in [7, 11) is 0. The van der Waals surface area contributed by atoms with Crippen LogP contribution in [0.4, 0.5) is 0 Å². The molecule has 0 N–H and O–H groups in total. The molecule has 0 fully saturated rings. The number of imide groups is 1. The second kappa shape index (κ2) is 43.9. The molecule has 1 aromatic carbocycles. The van der Waals surface area contributed by atoms with Gasteiger partial charge in [-0.2, -0.15) is 0 Å². The van der Waals surface area contributed by atoms with Gasteiger partial charge in [0.25, 0.3) is 11.8 Å². The molecule has 0 bridgehead atoms. The molecular weight excluding hydrogens is 959 g/mol. The molecule has 3 nitrogen and oxygen atoms in total. The lowest BCUT2D eigenvalue weighted by Crippen LogP contribution is -2.31. The normalized spacial score (nSPS) is 13.6. The van der Waals surface area contributed by atoms with E-state index in [0.29, 0.717) is 23.6 Å². The van der Waals surface area contributed by atoms with Crippen LogP contribution in [0.3, 0.4) is 0 Å². The van der Waals surface area contributed by atoms with Crippen molar-refractivity contribution in [1.29, 1.82) is 0 Å². The minimum absolute atomic E-state index is 0.0829. The Bertz CT molecular complexity index is 1390. The van der Waals surface area contributed by atoms with Crippen molar-refractivity contribution in [1.82, 2.24) is 4.90 Å². The topological polar surface area (TPSA) is 37.4 Å². The second-order valence-corrected chi connectivity index (χ2v) is 30.9. The molecule has 0 saturated heterocycles. The lowest BCUT2D eigenvalue weighted by Gasteiger charge is -2.25. The monoisotopic (exact) mass is 1100 g/mol. The first-order valence-corrected chi connectivity index (χ1v) is 35.6. The van der Waals surface area contributed by atoms with Gasteiger partial charge >= 0.3 is 0 Å². The average Bonchev–Trinajstić information content (AvgIpc) is 3.66. The SMILES string of the molecule is CC(C)CCC(CCCC(CCCC(CCCC(CCCC(CCC(C)C)CCC(C)C)CCCC(CCC(C)C)CCC(C)C)CCCN1C(=O)c2ccccc2C1=O)CCCC(CCC(C)C)CCC(C)C)CCC(C)C. The number of nitrogens with zero attached hydrogens (tertiary/aromatic N) is 1. The summed E-state index contributed by atoms with van der Waals surface area (Å²) < 4.78 is 0. The van der Waals surface area contributed by atoms with E-state index in [1.165, 1.54) is 218 Å². The Labute approximate surface area is 496 Å². The Morgan fingerprint density at radius 2 is 0.405 bits per heavy atom. The van der Waals surface area contributed by atoms with Crippen LogP contribution in [-0.2, 0) is 0 Å². The fraction of sp³-hybridized carbons (Fsp3) is 0.895. The van der Waals surface area contributed by atoms with Crippen LogP contribution >= 0.6 is 0 Å². The molecule has 0 spiro atoms. The Morgan fingerprint density at radius 1 is 0.241 bits per heavy atom. The summed E-state index contributed by atoms with van der Waals surface area (Å²) in [5.74, 6) is 12.1. The molecule has 1 heterocycles. The number of carbonyl (C=O) groups is 2. The van der Waals surface area contributed by atoms with Gasteiger partial charge in [-0.1, -0.05) is 341 Å². The third kappa shape index (κ3) is 36.6. The molecule has 3 heteroatoms. The van der Waals surface area contributed by atoms with Crippen LogP contribution in [0, 0.1) is 88.8 Å². The van der Waals surface area contributed by atoms with E-state index in [-0.39, 0.29) is 11.8 Å². The molecule has 1 aliphatic rings. The Balaban J connectivity index is 2.33. The Kier molecular flexibility index (Phi) is 40.8. The van der Waals surface area contributed by atoms with Crippen LogP contribution in [0.5, 0.6) is 0 Å². The number of amides is 2. The first-order valence-electron chi connectivity index (χ1n) is 35.6. The molecule has 0 unspecified atom stereocenters. The highest BCUT2D eigenvalue weighted by Gasteiger charge is 2.34. The molecule has 0 saturated carbocycles. The van der Waals surface area contributed by atoms with Gasteiger partial charge in [-0.05, 0) is 114 Å². The van der Waals surface area contributed by atoms with Crippen molar-refractivity contribution in [2.75, 3.05) is 6.54 Å². The van der Waals surface area contributed by atoms with E-state index >= 15 is 0 Å². The van der Waals surface area contributed by atoms with Gasteiger partial charge in [0, 0.05) is 6.54 Å². The van der Waals surface area contributed by atoms with Gasteiger partial charge in [0.05, 0.1) is 11.1 Å². The summed E-state index contributed by atoms with van der Waals surface area (Å²) >= 11 is 0. The molecule has 0 radical (unpaired) electrons. The second-order valence-electron chi connectivity index (χ2n) is 30.9. The van der Waals surface area contributed by atoms with Crippen molar-refractivity contribution in [2.45, 2.75) is 342 Å². The van der Waals surface area contributed by atoms with Gasteiger partial charge in [0.1, 0.15) is 0 Å². The van der Waals surface area contributed by atoms with Gasteiger partial charge in [-0.15, -0.1) is 0 Å². The number of rotatable bonds is 52. The molecule has 1 aliphatic heterocycles. The fourth-order valence-electron chi connectivity index (χ4n) is 13.7. The van der Waals surface area contributed by atoms with Crippen molar-refractivity contribution in [3.05, 3.63) is 35.4 Å². The van der Waals surface area contributed by atoms with E-state index in [0.717, 1.165) is 95.7 Å². The first-order chi connectivity index (χ1) is 37.6. The van der Waals surface area contributed by atoms with Gasteiger partial charge in [-0.25, -0.2) is 0 Å². The molecule has 79 heavy (non-hydrogen) atoms. The quantitative estimate of drug-likeness (QED) is 0.0610. The van der Waals surface area contributed by atoms with E-state index in [2.05, 4.69) is 111 Å². The van der Waals surface area contributed by atoms with Crippen molar-refractivity contribution < 1.29 is 9.59 Å². The zero-order chi connectivity index (χ0) is 58.5. The van der Waals surface area contributed by atoms with Crippen LogP contribution in [0.1, 0.15) is 363 Å². The molecule has 0 atom stereocenters. The lowest BCUT2D eigenvalue weighted by atomic mass is 9.81. The van der Waals surface area contributed by atoms with Crippen molar-refractivity contribution in [3.8, 4) is 0 Å². The largest absolute Gasteiger partial charge is 0.274 e. The Hall–Kier alpha value is -1.64. The summed E-state index contributed by atoms with van der Waals surface area (Å²) in [6.45, 7) is 39.3. The average molecular weight is 1100 g/mol. The van der Waals surface area contributed by atoms with Gasteiger partial charge in [0.2, 0.25) is 0 Å². The summed E-state index contributed by atoms with van der Waals surface area (Å²) in [5.41, 5.74) is 1.19. The van der Waals surface area contributed by atoms with Crippen LogP contribution in [-0.4, -0.2) is 23.3 Å². The third-order valence-electron chi connectivity index (χ3n) is 19.4. The smallest absolute Gasteiger partial charge is 0.261 e. The molecular formula is C76H141NO2. The van der Waals surface area contributed by atoms with E-state index in [4.69, 9.17) is 0 Å². The lowest BCUT2D eigenvalue weighted by molar-refractivity contribution is 0.0649. The molecule has 0 aliphatic carbocycles. The number of hydrogen-bond acceptors (Lipinski definition) is 2. The maximum Gasteiger partial charge on any atom is 0.261 e. The van der Waals surface area contributed by atoms with Gasteiger partial charge in [-0.3, -0.25) is 14.5 Å². The maximum absolute atomic E-state index is 13.5.